The van der Waals surface area contributed by atoms with Crippen LogP contribution >= 0.6 is 0 Å². The van der Waals surface area contributed by atoms with Gasteiger partial charge in [0, 0.05) is 39.0 Å². The van der Waals surface area contributed by atoms with E-state index in [0.29, 0.717) is 0 Å². The Kier molecular flexibility index (Phi) is 6.01. The Morgan fingerprint density at radius 3 is 2.71 bits per heavy atom. The second-order valence-electron chi connectivity index (χ2n) is 4.34. The predicted octanol–water partition coefficient (Wildman–Crippen LogP) is 2.57. The smallest absolute Gasteiger partial charge is 0.0479 e. The predicted molar refractivity (Wildman–Crippen MR) is 73.4 cm³/mol. The van der Waals surface area contributed by atoms with Gasteiger partial charge in [0.1, 0.15) is 0 Å². The van der Waals surface area contributed by atoms with Crippen LogP contribution in [0.15, 0.2) is 24.3 Å². The summed E-state index contributed by atoms with van der Waals surface area (Å²) in [6, 6.07) is 8.50. The fourth-order valence-electron chi connectivity index (χ4n) is 1.94. The number of hydrogen-bond donors (Lipinski definition) is 1. The number of anilines is 1. The quantitative estimate of drug-likeness (QED) is 0.739. The number of methoxy groups -OCH3 is 1. The second-order valence-corrected chi connectivity index (χ2v) is 4.34. The lowest BCUT2D eigenvalue weighted by molar-refractivity contribution is 0.196. The van der Waals surface area contributed by atoms with E-state index in [9.17, 15) is 0 Å². The average molecular weight is 236 g/mol. The molecule has 1 atom stereocenters. The molecule has 17 heavy (non-hydrogen) atoms. The number of rotatable bonds is 7. The Hall–Kier alpha value is -1.06. The van der Waals surface area contributed by atoms with Gasteiger partial charge in [-0.15, -0.1) is 0 Å². The van der Waals surface area contributed by atoms with Gasteiger partial charge < -0.3 is 15.4 Å². The normalized spacial score (nSPS) is 12.5. The number of nitrogens with two attached hydrogens (primary N) is 1. The minimum absolute atomic E-state index is 0.121. The first-order valence-corrected chi connectivity index (χ1v) is 6.25. The molecule has 0 saturated heterocycles. The van der Waals surface area contributed by atoms with E-state index in [1.54, 1.807) is 7.11 Å². The molecular formula is C14H24N2O. The fourth-order valence-corrected chi connectivity index (χ4v) is 1.94. The average Bonchev–Trinajstić information content (AvgIpc) is 2.38. The Balaban J connectivity index is 2.74. The molecule has 1 rings (SSSR count). The molecule has 2 N–H and O–H groups in total. The third-order valence-corrected chi connectivity index (χ3v) is 3.03. The highest BCUT2D eigenvalue weighted by molar-refractivity contribution is 5.54. The van der Waals surface area contributed by atoms with Crippen LogP contribution in [0.25, 0.3) is 0 Å². The molecule has 0 aliphatic heterocycles. The summed E-state index contributed by atoms with van der Waals surface area (Å²) in [6.07, 6.45) is 1.99. The summed E-state index contributed by atoms with van der Waals surface area (Å²) < 4.78 is 5.08. The van der Waals surface area contributed by atoms with Gasteiger partial charge >= 0.3 is 0 Å². The van der Waals surface area contributed by atoms with Crippen LogP contribution in [0.3, 0.4) is 0 Å². The molecule has 0 aliphatic carbocycles. The zero-order valence-corrected chi connectivity index (χ0v) is 11.1. The summed E-state index contributed by atoms with van der Waals surface area (Å²) in [5.41, 5.74) is 8.60. The van der Waals surface area contributed by atoms with Gasteiger partial charge in [-0.05, 0) is 24.5 Å². The van der Waals surface area contributed by atoms with E-state index in [-0.39, 0.29) is 6.04 Å². The summed E-state index contributed by atoms with van der Waals surface area (Å²) >= 11 is 0. The molecule has 3 nitrogen and oxygen atoms in total. The van der Waals surface area contributed by atoms with E-state index in [1.807, 2.05) is 0 Å². The molecule has 0 radical (unpaired) electrons. The molecule has 0 spiro atoms. The van der Waals surface area contributed by atoms with Crippen LogP contribution < -0.4 is 10.6 Å². The molecule has 1 aromatic carbocycles. The highest BCUT2D eigenvalue weighted by atomic mass is 16.5. The first-order chi connectivity index (χ1) is 8.20. The lowest BCUT2D eigenvalue weighted by Crippen LogP contribution is -2.23. The molecule has 0 bridgehead atoms. The van der Waals surface area contributed by atoms with Crippen molar-refractivity contribution in [2.24, 2.45) is 5.73 Å². The molecule has 3 heteroatoms. The summed E-state index contributed by atoms with van der Waals surface area (Å²) in [5, 5.41) is 0. The molecule has 0 amide bonds. The SMILES string of the molecule is CC[C@@H](N)c1ccccc1N(C)CCCOC. The number of hydrogen-bond acceptors (Lipinski definition) is 3. The van der Waals surface area contributed by atoms with Crippen molar-refractivity contribution in [2.45, 2.75) is 25.8 Å². The van der Waals surface area contributed by atoms with E-state index in [0.717, 1.165) is 26.0 Å². The largest absolute Gasteiger partial charge is 0.385 e. The third kappa shape index (κ3) is 4.02. The fraction of sp³-hybridized carbons (Fsp3) is 0.571. The van der Waals surface area contributed by atoms with Crippen molar-refractivity contribution >= 4 is 5.69 Å². The van der Waals surface area contributed by atoms with Gasteiger partial charge in [-0.1, -0.05) is 25.1 Å². The Labute approximate surface area is 105 Å². The molecule has 0 saturated carbocycles. The van der Waals surface area contributed by atoms with Crippen LogP contribution in [-0.4, -0.2) is 27.3 Å². The standard InChI is InChI=1S/C14H24N2O/c1-4-13(15)12-8-5-6-9-14(12)16(2)10-7-11-17-3/h5-6,8-9,13H,4,7,10-11,15H2,1-3H3/t13-/m1/s1. The lowest BCUT2D eigenvalue weighted by atomic mass is 10.0. The van der Waals surface area contributed by atoms with Gasteiger partial charge in [0.15, 0.2) is 0 Å². The van der Waals surface area contributed by atoms with Crippen molar-refractivity contribution in [1.82, 2.24) is 0 Å². The summed E-state index contributed by atoms with van der Waals surface area (Å²) in [4.78, 5) is 2.25. The third-order valence-electron chi connectivity index (χ3n) is 3.03. The van der Waals surface area contributed by atoms with Crippen LogP contribution in [0.2, 0.25) is 0 Å². The van der Waals surface area contributed by atoms with Crippen molar-refractivity contribution in [3.05, 3.63) is 29.8 Å². The van der Waals surface area contributed by atoms with Crippen molar-refractivity contribution in [2.75, 3.05) is 32.2 Å². The molecule has 0 unspecified atom stereocenters. The maximum Gasteiger partial charge on any atom is 0.0479 e. The first-order valence-electron chi connectivity index (χ1n) is 6.25. The van der Waals surface area contributed by atoms with Crippen LogP contribution in [0.1, 0.15) is 31.4 Å². The molecule has 96 valence electrons. The highest BCUT2D eigenvalue weighted by Gasteiger charge is 2.11. The maximum absolute atomic E-state index is 6.14. The molecule has 0 fully saturated rings. The summed E-state index contributed by atoms with van der Waals surface area (Å²) in [6.45, 7) is 3.90. The minimum Gasteiger partial charge on any atom is -0.385 e. The number of ether oxygens (including phenoxy) is 1. The molecular weight excluding hydrogens is 212 g/mol. The lowest BCUT2D eigenvalue weighted by Gasteiger charge is -2.24. The van der Waals surface area contributed by atoms with Crippen LogP contribution in [0, 0.1) is 0 Å². The van der Waals surface area contributed by atoms with E-state index in [4.69, 9.17) is 10.5 Å². The highest BCUT2D eigenvalue weighted by Crippen LogP contribution is 2.25. The van der Waals surface area contributed by atoms with Gasteiger partial charge in [-0.25, -0.2) is 0 Å². The second kappa shape index (κ2) is 7.30. The van der Waals surface area contributed by atoms with Gasteiger partial charge in [-0.3, -0.25) is 0 Å². The van der Waals surface area contributed by atoms with Crippen molar-refractivity contribution in [3.63, 3.8) is 0 Å². The summed E-state index contributed by atoms with van der Waals surface area (Å²) in [5.74, 6) is 0. The van der Waals surface area contributed by atoms with E-state index in [2.05, 4.69) is 43.1 Å². The van der Waals surface area contributed by atoms with Gasteiger partial charge in [-0.2, -0.15) is 0 Å². The minimum atomic E-state index is 0.121. The van der Waals surface area contributed by atoms with E-state index in [1.165, 1.54) is 11.3 Å². The zero-order chi connectivity index (χ0) is 12.7. The van der Waals surface area contributed by atoms with Gasteiger partial charge in [0.25, 0.3) is 0 Å². The molecule has 0 heterocycles. The molecule has 0 aromatic heterocycles. The molecule has 1 aromatic rings. The Bertz CT molecular complexity index is 328. The van der Waals surface area contributed by atoms with Crippen molar-refractivity contribution in [3.8, 4) is 0 Å². The Morgan fingerprint density at radius 1 is 1.35 bits per heavy atom. The topological polar surface area (TPSA) is 38.5 Å². The van der Waals surface area contributed by atoms with Crippen molar-refractivity contribution in [1.29, 1.82) is 0 Å². The van der Waals surface area contributed by atoms with Crippen LogP contribution in [0.5, 0.6) is 0 Å². The van der Waals surface area contributed by atoms with E-state index >= 15 is 0 Å². The van der Waals surface area contributed by atoms with Crippen LogP contribution in [-0.2, 0) is 4.74 Å². The zero-order valence-electron chi connectivity index (χ0n) is 11.1. The number of para-hydroxylation sites is 1. The number of nitrogens with zero attached hydrogens (tertiary/aromatic N) is 1. The van der Waals surface area contributed by atoms with Gasteiger partial charge in [0.05, 0.1) is 0 Å². The van der Waals surface area contributed by atoms with E-state index < -0.39 is 0 Å². The van der Waals surface area contributed by atoms with Gasteiger partial charge in [0.2, 0.25) is 0 Å². The first kappa shape index (κ1) is 14.0. The summed E-state index contributed by atoms with van der Waals surface area (Å²) in [7, 11) is 3.85. The van der Waals surface area contributed by atoms with Crippen molar-refractivity contribution < 1.29 is 4.74 Å². The van der Waals surface area contributed by atoms with Crippen LogP contribution in [0.4, 0.5) is 5.69 Å². The molecule has 0 aliphatic rings. The monoisotopic (exact) mass is 236 g/mol. The maximum atomic E-state index is 6.14. The number of benzene rings is 1. The Morgan fingerprint density at radius 2 is 2.06 bits per heavy atom.